The first-order valence-corrected chi connectivity index (χ1v) is 13.0. The molecule has 1 aromatic heterocycles. The van der Waals surface area contributed by atoms with Crippen molar-refractivity contribution in [2.24, 2.45) is 0 Å². The molecule has 3 saturated heterocycles. The van der Waals surface area contributed by atoms with Crippen LogP contribution in [-0.2, 0) is 4.74 Å². The van der Waals surface area contributed by atoms with Crippen molar-refractivity contribution in [2.75, 3.05) is 62.7 Å². The molecular weight excluding hydrogens is 492 g/mol. The van der Waals surface area contributed by atoms with Crippen LogP contribution in [0.3, 0.4) is 0 Å². The van der Waals surface area contributed by atoms with Gasteiger partial charge in [-0.1, -0.05) is 0 Å². The summed E-state index contributed by atoms with van der Waals surface area (Å²) in [6.07, 6.45) is 0.567. The zero-order valence-corrected chi connectivity index (χ0v) is 21.0. The Labute approximate surface area is 220 Å². The van der Waals surface area contributed by atoms with Gasteiger partial charge < -0.3 is 25.0 Å². The third kappa shape index (κ3) is 5.54. The average Bonchev–Trinajstić information content (AvgIpc) is 2.90. The van der Waals surface area contributed by atoms with E-state index in [1.54, 1.807) is 24.3 Å². The van der Waals surface area contributed by atoms with E-state index in [0.29, 0.717) is 30.1 Å². The second-order valence-corrected chi connectivity index (χ2v) is 9.88. The smallest absolute Gasteiger partial charge is 0.296 e. The summed E-state index contributed by atoms with van der Waals surface area (Å²) in [6.45, 7) is 5.98. The van der Waals surface area contributed by atoms with Gasteiger partial charge in [-0.3, -0.25) is 4.90 Å². The minimum Gasteiger partial charge on any atom is -0.484 e. The monoisotopic (exact) mass is 523 g/mol. The molecule has 0 amide bonds. The van der Waals surface area contributed by atoms with Crippen molar-refractivity contribution in [2.45, 2.75) is 24.5 Å². The van der Waals surface area contributed by atoms with E-state index in [-0.39, 0.29) is 13.0 Å². The maximum atomic E-state index is 14.1. The molecule has 3 aromatic rings. The molecule has 38 heavy (non-hydrogen) atoms. The van der Waals surface area contributed by atoms with Gasteiger partial charge in [-0.25, -0.2) is 18.7 Å². The lowest BCUT2D eigenvalue weighted by molar-refractivity contribution is -0.108. The van der Waals surface area contributed by atoms with Crippen LogP contribution in [0.2, 0.25) is 0 Å². The normalized spacial score (nSPS) is 22.1. The van der Waals surface area contributed by atoms with Gasteiger partial charge in [-0.2, -0.15) is 4.98 Å². The number of benzene rings is 2. The largest absolute Gasteiger partial charge is 0.484 e. The summed E-state index contributed by atoms with van der Waals surface area (Å²) in [7, 11) is 0. The van der Waals surface area contributed by atoms with Gasteiger partial charge in [-0.15, -0.1) is 0 Å². The third-order valence-corrected chi connectivity index (χ3v) is 7.32. The summed E-state index contributed by atoms with van der Waals surface area (Å²) < 4.78 is 39.0. The van der Waals surface area contributed by atoms with Crippen LogP contribution in [0.5, 0.6) is 5.75 Å². The number of anilines is 3. The summed E-state index contributed by atoms with van der Waals surface area (Å²) in [5.41, 5.74) is 2.81. The van der Waals surface area contributed by atoms with Gasteiger partial charge in [0.15, 0.2) is 11.9 Å². The zero-order valence-electron chi connectivity index (χ0n) is 21.0. The molecule has 200 valence electrons. The Balaban J connectivity index is 1.06. The van der Waals surface area contributed by atoms with Gasteiger partial charge in [0.05, 0.1) is 25.8 Å². The maximum Gasteiger partial charge on any atom is 0.296 e. The molecule has 4 heterocycles. The fourth-order valence-corrected chi connectivity index (χ4v) is 4.96. The molecule has 1 atom stereocenters. The molecule has 0 radical (unpaired) electrons. The number of aromatic nitrogens is 3. The first-order chi connectivity index (χ1) is 18.5. The number of nitrogens with zero attached hydrogens (tertiary/aromatic N) is 5. The SMILES string of the molecule is FC1(F)CNCC[C@@H]1Oc1ccc(-c2ncnc(Nc3ccc(N4CCN(C5COC5)CC4)cc3)n2)cc1. The highest BCUT2D eigenvalue weighted by molar-refractivity contribution is 5.62. The molecule has 11 heteroatoms. The molecule has 9 nitrogen and oxygen atoms in total. The number of rotatable bonds is 7. The van der Waals surface area contributed by atoms with Crippen molar-refractivity contribution in [1.29, 1.82) is 0 Å². The number of ether oxygens (including phenoxy) is 2. The van der Waals surface area contributed by atoms with Gasteiger partial charge in [0.25, 0.3) is 5.92 Å². The third-order valence-electron chi connectivity index (χ3n) is 7.32. The van der Waals surface area contributed by atoms with E-state index in [0.717, 1.165) is 50.6 Å². The van der Waals surface area contributed by atoms with Crippen LogP contribution in [0.1, 0.15) is 6.42 Å². The van der Waals surface area contributed by atoms with Crippen LogP contribution in [-0.4, -0.2) is 90.4 Å². The van der Waals surface area contributed by atoms with Crippen molar-refractivity contribution >= 4 is 17.3 Å². The summed E-state index contributed by atoms with van der Waals surface area (Å²) >= 11 is 0. The fraction of sp³-hybridized carbons (Fsp3) is 0.444. The van der Waals surface area contributed by atoms with E-state index < -0.39 is 12.0 Å². The highest BCUT2D eigenvalue weighted by Crippen LogP contribution is 2.29. The predicted octanol–water partition coefficient (Wildman–Crippen LogP) is 3.18. The quantitative estimate of drug-likeness (QED) is 0.485. The van der Waals surface area contributed by atoms with E-state index in [1.165, 1.54) is 12.0 Å². The average molecular weight is 524 g/mol. The molecule has 2 aromatic carbocycles. The Bertz CT molecular complexity index is 1220. The van der Waals surface area contributed by atoms with Crippen LogP contribution < -0.4 is 20.3 Å². The Hall–Kier alpha value is -3.41. The molecule has 3 aliphatic rings. The van der Waals surface area contributed by atoms with Crippen LogP contribution >= 0.6 is 0 Å². The number of piperidine rings is 1. The first kappa shape index (κ1) is 24.9. The summed E-state index contributed by atoms with van der Waals surface area (Å²) in [5.74, 6) is -1.60. The Morgan fingerprint density at radius 1 is 0.974 bits per heavy atom. The van der Waals surface area contributed by atoms with Gasteiger partial charge in [0.2, 0.25) is 5.95 Å². The number of halogens is 2. The lowest BCUT2D eigenvalue weighted by atomic mass is 10.1. The second-order valence-electron chi connectivity index (χ2n) is 9.88. The maximum absolute atomic E-state index is 14.1. The molecular formula is C27H31F2N7O2. The first-order valence-electron chi connectivity index (χ1n) is 13.0. The van der Waals surface area contributed by atoms with E-state index >= 15 is 0 Å². The van der Waals surface area contributed by atoms with Crippen molar-refractivity contribution in [3.05, 3.63) is 54.9 Å². The van der Waals surface area contributed by atoms with Crippen LogP contribution in [0.4, 0.5) is 26.1 Å². The number of piperazine rings is 1. The number of hydrogen-bond donors (Lipinski definition) is 2. The van der Waals surface area contributed by atoms with Crippen molar-refractivity contribution in [3.63, 3.8) is 0 Å². The number of alkyl halides is 2. The highest BCUT2D eigenvalue weighted by Gasteiger charge is 2.43. The lowest BCUT2D eigenvalue weighted by Crippen LogP contribution is -2.56. The molecule has 3 aliphatic heterocycles. The molecule has 0 aliphatic carbocycles. The molecule has 3 fully saturated rings. The lowest BCUT2D eigenvalue weighted by Gasteiger charge is -2.43. The highest BCUT2D eigenvalue weighted by atomic mass is 19.3. The van der Waals surface area contributed by atoms with Crippen LogP contribution in [0, 0.1) is 0 Å². The molecule has 0 spiro atoms. The Kier molecular flexibility index (Phi) is 7.05. The van der Waals surface area contributed by atoms with Gasteiger partial charge >= 0.3 is 0 Å². The van der Waals surface area contributed by atoms with Gasteiger partial charge in [-0.05, 0) is 55.1 Å². The molecule has 0 bridgehead atoms. The van der Waals surface area contributed by atoms with Crippen molar-refractivity contribution in [3.8, 4) is 17.1 Å². The van der Waals surface area contributed by atoms with E-state index in [1.807, 2.05) is 12.1 Å². The standard InChI is InChI=1S/C27H31F2N7O2/c28-27(29)17-30-10-9-24(27)38-23-7-1-19(2-8-23)25-31-18-32-26(34-25)33-20-3-5-21(6-4-20)35-11-13-36(14-12-35)22-15-37-16-22/h1-8,18,22,24,30H,9-17H2,(H,31,32,33,34)/t24-/m0/s1. The summed E-state index contributed by atoms with van der Waals surface area (Å²) in [6, 6.07) is 15.7. The number of nitrogens with one attached hydrogen (secondary N) is 2. The Morgan fingerprint density at radius 2 is 1.74 bits per heavy atom. The number of hydrogen-bond acceptors (Lipinski definition) is 9. The minimum absolute atomic E-state index is 0.255. The molecule has 0 unspecified atom stereocenters. The fourth-order valence-electron chi connectivity index (χ4n) is 4.96. The predicted molar refractivity (Wildman–Crippen MR) is 140 cm³/mol. The topological polar surface area (TPSA) is 87.7 Å². The zero-order chi connectivity index (χ0) is 26.0. The summed E-state index contributed by atoms with van der Waals surface area (Å²) in [5, 5.41) is 5.94. The molecule has 0 saturated carbocycles. The van der Waals surface area contributed by atoms with Gasteiger partial charge in [0.1, 0.15) is 12.1 Å². The molecule has 6 rings (SSSR count). The van der Waals surface area contributed by atoms with E-state index in [2.05, 4.69) is 47.5 Å². The Morgan fingerprint density at radius 3 is 2.42 bits per heavy atom. The second kappa shape index (κ2) is 10.8. The molecule has 2 N–H and O–H groups in total. The van der Waals surface area contributed by atoms with Crippen molar-refractivity contribution in [1.82, 2.24) is 25.2 Å². The summed E-state index contributed by atoms with van der Waals surface area (Å²) in [4.78, 5) is 18.0. The van der Waals surface area contributed by atoms with Crippen LogP contribution in [0.25, 0.3) is 11.4 Å². The minimum atomic E-state index is -2.90. The van der Waals surface area contributed by atoms with E-state index in [4.69, 9.17) is 9.47 Å². The van der Waals surface area contributed by atoms with Crippen LogP contribution in [0.15, 0.2) is 54.9 Å². The van der Waals surface area contributed by atoms with E-state index in [9.17, 15) is 8.78 Å². The van der Waals surface area contributed by atoms with Crippen molar-refractivity contribution < 1.29 is 18.3 Å². The van der Waals surface area contributed by atoms with Gasteiger partial charge in [0, 0.05) is 49.5 Å².